The highest BCUT2D eigenvalue weighted by atomic mass is 16.2. The van der Waals surface area contributed by atoms with Gasteiger partial charge in [0.1, 0.15) is 6.54 Å². The molecule has 0 radical (unpaired) electrons. The molecule has 1 atom stereocenters. The van der Waals surface area contributed by atoms with Crippen molar-refractivity contribution >= 4 is 11.6 Å². The number of nitrogens with zero attached hydrogens (tertiary/aromatic N) is 4. The summed E-state index contributed by atoms with van der Waals surface area (Å²) < 4.78 is 1.77. The molecule has 2 aromatic rings. The summed E-state index contributed by atoms with van der Waals surface area (Å²) in [5.74, 6) is 0.147. The topological polar surface area (TPSA) is 41.4 Å². The lowest BCUT2D eigenvalue weighted by Crippen LogP contribution is -2.55. The molecule has 1 saturated heterocycles. The molecule has 1 fully saturated rings. The Morgan fingerprint density at radius 3 is 2.65 bits per heavy atom. The minimum absolute atomic E-state index is 0.147. The Bertz CT molecular complexity index is 694. The van der Waals surface area contributed by atoms with Crippen molar-refractivity contribution in [2.24, 2.45) is 0 Å². The van der Waals surface area contributed by atoms with Gasteiger partial charge in [0.05, 0.1) is 0 Å². The van der Waals surface area contributed by atoms with Crippen LogP contribution < -0.4 is 4.90 Å². The van der Waals surface area contributed by atoms with Crippen LogP contribution in [0.4, 0.5) is 5.69 Å². The van der Waals surface area contributed by atoms with Crippen molar-refractivity contribution in [1.29, 1.82) is 0 Å². The third kappa shape index (κ3) is 3.23. The van der Waals surface area contributed by atoms with Gasteiger partial charge in [0, 0.05) is 43.3 Å². The van der Waals surface area contributed by atoms with E-state index >= 15 is 0 Å². The van der Waals surface area contributed by atoms with Gasteiger partial charge >= 0.3 is 0 Å². The summed E-state index contributed by atoms with van der Waals surface area (Å²) in [5.41, 5.74) is 3.57. The summed E-state index contributed by atoms with van der Waals surface area (Å²) >= 11 is 0. The van der Waals surface area contributed by atoms with Crippen molar-refractivity contribution in [2.45, 2.75) is 33.4 Å². The van der Waals surface area contributed by atoms with Crippen LogP contribution in [0.1, 0.15) is 18.2 Å². The van der Waals surface area contributed by atoms with E-state index in [0.29, 0.717) is 6.54 Å². The normalized spacial score (nSPS) is 18.3. The number of aryl methyl sites for hydroxylation is 2. The smallest absolute Gasteiger partial charge is 0.244 e. The van der Waals surface area contributed by atoms with Crippen molar-refractivity contribution < 1.29 is 4.79 Å². The maximum absolute atomic E-state index is 12.6. The predicted molar refractivity (Wildman–Crippen MR) is 91.5 cm³/mol. The highest BCUT2D eigenvalue weighted by Crippen LogP contribution is 2.23. The second kappa shape index (κ2) is 6.44. The zero-order valence-electron chi connectivity index (χ0n) is 14.1. The third-order valence-corrected chi connectivity index (χ3v) is 4.62. The monoisotopic (exact) mass is 312 g/mol. The number of aromatic nitrogens is 2. The molecule has 1 aliphatic heterocycles. The van der Waals surface area contributed by atoms with E-state index in [1.807, 2.05) is 17.9 Å². The number of anilines is 1. The van der Waals surface area contributed by atoms with E-state index in [-0.39, 0.29) is 11.9 Å². The molecule has 1 unspecified atom stereocenters. The quantitative estimate of drug-likeness (QED) is 0.873. The number of carbonyl (C=O) groups is 1. The molecule has 2 heterocycles. The Balaban J connectivity index is 1.66. The van der Waals surface area contributed by atoms with Crippen LogP contribution in [0, 0.1) is 13.8 Å². The number of carbonyl (C=O) groups excluding carboxylic acids is 1. The van der Waals surface area contributed by atoms with Crippen LogP contribution in [0.25, 0.3) is 0 Å². The van der Waals surface area contributed by atoms with Crippen LogP contribution in [-0.4, -0.2) is 46.3 Å². The molecule has 1 aromatic carbocycles. The maximum atomic E-state index is 12.6. The van der Waals surface area contributed by atoms with Gasteiger partial charge < -0.3 is 9.80 Å². The third-order valence-electron chi connectivity index (χ3n) is 4.62. The largest absolute Gasteiger partial charge is 0.367 e. The molecule has 1 aliphatic rings. The van der Waals surface area contributed by atoms with Crippen molar-refractivity contribution in [1.82, 2.24) is 14.7 Å². The minimum atomic E-state index is 0.147. The average Bonchev–Trinajstić information content (AvgIpc) is 2.92. The summed E-state index contributed by atoms with van der Waals surface area (Å²) in [6.07, 6.45) is 1.74. The van der Waals surface area contributed by atoms with Crippen molar-refractivity contribution in [3.63, 3.8) is 0 Å². The number of piperazine rings is 1. The van der Waals surface area contributed by atoms with Gasteiger partial charge in [0.25, 0.3) is 0 Å². The summed E-state index contributed by atoms with van der Waals surface area (Å²) in [5, 5.41) is 4.21. The van der Waals surface area contributed by atoms with E-state index in [9.17, 15) is 4.79 Å². The molecule has 0 saturated carbocycles. The van der Waals surface area contributed by atoms with Gasteiger partial charge in [-0.15, -0.1) is 0 Å². The Kier molecular flexibility index (Phi) is 4.37. The summed E-state index contributed by atoms with van der Waals surface area (Å²) in [4.78, 5) is 16.9. The molecule has 1 aromatic heterocycles. The molecule has 1 amide bonds. The van der Waals surface area contributed by atoms with Crippen molar-refractivity contribution in [3.05, 3.63) is 47.8 Å². The molecule has 0 spiro atoms. The molecule has 23 heavy (non-hydrogen) atoms. The van der Waals surface area contributed by atoms with E-state index < -0.39 is 0 Å². The van der Waals surface area contributed by atoms with Crippen molar-refractivity contribution in [2.75, 3.05) is 24.5 Å². The molecule has 122 valence electrons. The number of benzene rings is 1. The first-order valence-corrected chi connectivity index (χ1v) is 8.14. The second-order valence-electron chi connectivity index (χ2n) is 6.30. The molecule has 5 nitrogen and oxygen atoms in total. The van der Waals surface area contributed by atoms with Gasteiger partial charge in [-0.2, -0.15) is 5.10 Å². The Labute approximate surface area is 137 Å². The number of hydrogen-bond acceptors (Lipinski definition) is 3. The van der Waals surface area contributed by atoms with Crippen LogP contribution in [0.2, 0.25) is 0 Å². The van der Waals surface area contributed by atoms with E-state index in [1.165, 1.54) is 11.3 Å². The Morgan fingerprint density at radius 1 is 1.22 bits per heavy atom. The van der Waals surface area contributed by atoms with Gasteiger partial charge in [0.15, 0.2) is 0 Å². The Hall–Kier alpha value is -2.30. The van der Waals surface area contributed by atoms with Gasteiger partial charge in [-0.1, -0.05) is 18.2 Å². The SMILES string of the molecule is Cc1ccccc1N1CCN(C(=O)Cn2nccc2C)C(C)C1. The molecule has 0 N–H and O–H groups in total. The average molecular weight is 312 g/mol. The number of amides is 1. The summed E-state index contributed by atoms with van der Waals surface area (Å²) in [6.45, 7) is 9.06. The molecule has 3 rings (SSSR count). The van der Waals surface area contributed by atoms with E-state index in [4.69, 9.17) is 0 Å². The van der Waals surface area contributed by atoms with E-state index in [0.717, 1.165) is 25.3 Å². The Morgan fingerprint density at radius 2 is 2.00 bits per heavy atom. The zero-order valence-corrected chi connectivity index (χ0v) is 14.1. The highest BCUT2D eigenvalue weighted by molar-refractivity contribution is 5.76. The van der Waals surface area contributed by atoms with Gasteiger partial charge in [0.2, 0.25) is 5.91 Å². The first-order valence-electron chi connectivity index (χ1n) is 8.14. The lowest BCUT2D eigenvalue weighted by Gasteiger charge is -2.41. The zero-order chi connectivity index (χ0) is 16.4. The number of rotatable bonds is 3. The maximum Gasteiger partial charge on any atom is 0.244 e. The number of para-hydroxylation sites is 1. The van der Waals surface area contributed by atoms with Crippen LogP contribution in [0.15, 0.2) is 36.5 Å². The summed E-state index contributed by atoms with van der Waals surface area (Å²) in [7, 11) is 0. The lowest BCUT2D eigenvalue weighted by atomic mass is 10.1. The molecule has 0 bridgehead atoms. The van der Waals surface area contributed by atoms with E-state index in [2.05, 4.69) is 48.1 Å². The minimum Gasteiger partial charge on any atom is -0.367 e. The van der Waals surface area contributed by atoms with Gasteiger partial charge in [-0.3, -0.25) is 9.48 Å². The van der Waals surface area contributed by atoms with Crippen LogP contribution in [-0.2, 0) is 11.3 Å². The molecule has 5 heteroatoms. The molecule has 0 aliphatic carbocycles. The molecular weight excluding hydrogens is 288 g/mol. The first kappa shape index (κ1) is 15.6. The fraction of sp³-hybridized carbons (Fsp3) is 0.444. The fourth-order valence-electron chi connectivity index (χ4n) is 3.25. The number of hydrogen-bond donors (Lipinski definition) is 0. The van der Waals surface area contributed by atoms with Gasteiger partial charge in [-0.05, 0) is 38.5 Å². The first-order chi connectivity index (χ1) is 11.1. The predicted octanol–water partition coefficient (Wildman–Crippen LogP) is 2.24. The lowest BCUT2D eigenvalue weighted by molar-refractivity contribution is -0.134. The standard InChI is InChI=1S/C18H24N4O/c1-14-6-4-5-7-17(14)20-10-11-21(16(3)12-20)18(23)13-22-15(2)8-9-19-22/h4-9,16H,10-13H2,1-3H3. The second-order valence-corrected chi connectivity index (χ2v) is 6.30. The van der Waals surface area contributed by atoms with Crippen molar-refractivity contribution in [3.8, 4) is 0 Å². The van der Waals surface area contributed by atoms with Crippen LogP contribution in [0.3, 0.4) is 0 Å². The fourth-order valence-corrected chi connectivity index (χ4v) is 3.25. The highest BCUT2D eigenvalue weighted by Gasteiger charge is 2.28. The summed E-state index contributed by atoms with van der Waals surface area (Å²) in [6, 6.07) is 10.6. The van der Waals surface area contributed by atoms with Crippen LogP contribution >= 0.6 is 0 Å². The molecular formula is C18H24N4O. The van der Waals surface area contributed by atoms with Crippen LogP contribution in [0.5, 0.6) is 0 Å². The van der Waals surface area contributed by atoms with Gasteiger partial charge in [-0.25, -0.2) is 0 Å². The van der Waals surface area contributed by atoms with E-state index in [1.54, 1.807) is 10.9 Å².